The van der Waals surface area contributed by atoms with E-state index in [1.165, 1.54) is 26.7 Å². The number of methoxy groups -OCH3 is 2. The molecule has 1 aromatic heterocycles. The van der Waals surface area contributed by atoms with Crippen molar-refractivity contribution in [2.45, 2.75) is 82.3 Å². The number of aryl methyl sites for hydroxylation is 1. The fraction of sp³-hybridized carbons (Fsp3) is 0.400. The number of carbonyl (C=O) groups excluding carboxylic acids is 3. The standard InChI is InChI=1S/C40H49N5O7/c1-26(45(40(49)50)23-22-27-12-5-4-6-13-27)37(46)44-35(24-29-25-41-32-18-10-9-17-31(29)32)39(48)43-34(20-21-36(51-2)52-3)38(47)42-33-19-11-15-28-14-7-8-16-30(28)33/h4-10,12-14,16-18,25-26,33-36,41H,11,15,19-24H2,1-3H3,(H,42,47)(H,43,48)(H,44,46)(H,49,50)/t26-,33+,34?,35-/m0/s1. The van der Waals surface area contributed by atoms with E-state index < -0.39 is 42.3 Å². The molecular formula is C40H49N5O7. The lowest BCUT2D eigenvalue weighted by atomic mass is 9.87. The number of hydrogen-bond donors (Lipinski definition) is 5. The smallest absolute Gasteiger partial charge is 0.407 e. The first kappa shape index (κ1) is 38.0. The predicted octanol–water partition coefficient (Wildman–Crippen LogP) is 4.88. The van der Waals surface area contributed by atoms with Gasteiger partial charge in [-0.05, 0) is 67.3 Å². The molecule has 0 aliphatic heterocycles. The third-order valence-corrected chi connectivity index (χ3v) is 9.84. The number of H-pyrrole nitrogens is 1. The van der Waals surface area contributed by atoms with Crippen molar-refractivity contribution in [3.63, 3.8) is 0 Å². The summed E-state index contributed by atoms with van der Waals surface area (Å²) in [6.45, 7) is 1.59. The molecule has 0 bridgehead atoms. The Labute approximate surface area is 304 Å². The van der Waals surface area contributed by atoms with Gasteiger partial charge in [0.1, 0.15) is 18.1 Å². The molecule has 0 fully saturated rings. The Morgan fingerprint density at radius 2 is 1.56 bits per heavy atom. The van der Waals surface area contributed by atoms with Crippen LogP contribution in [0.15, 0.2) is 85.1 Å². The average Bonchev–Trinajstić information content (AvgIpc) is 3.57. The Morgan fingerprint density at radius 3 is 2.31 bits per heavy atom. The summed E-state index contributed by atoms with van der Waals surface area (Å²) in [5.41, 5.74) is 4.83. The van der Waals surface area contributed by atoms with E-state index in [4.69, 9.17) is 9.47 Å². The highest BCUT2D eigenvalue weighted by molar-refractivity contribution is 5.94. The number of hydrogen-bond acceptors (Lipinski definition) is 6. The fourth-order valence-corrected chi connectivity index (χ4v) is 6.86. The van der Waals surface area contributed by atoms with Crippen molar-refractivity contribution < 1.29 is 33.8 Å². The maximum absolute atomic E-state index is 14.3. The predicted molar refractivity (Wildman–Crippen MR) is 198 cm³/mol. The van der Waals surface area contributed by atoms with Crippen LogP contribution in [-0.4, -0.2) is 84.0 Å². The lowest BCUT2D eigenvalue weighted by Gasteiger charge is -2.30. The number of ether oxygens (including phenoxy) is 2. The molecule has 52 heavy (non-hydrogen) atoms. The number of fused-ring (bicyclic) bond motifs is 2. The summed E-state index contributed by atoms with van der Waals surface area (Å²) in [6, 6.07) is 21.6. The minimum Gasteiger partial charge on any atom is -0.465 e. The molecule has 5 N–H and O–H groups in total. The normalized spacial score (nSPS) is 15.7. The molecule has 1 aliphatic carbocycles. The maximum atomic E-state index is 14.3. The molecule has 4 aromatic rings. The molecule has 0 radical (unpaired) electrons. The number of nitrogens with zero attached hydrogens (tertiary/aromatic N) is 1. The van der Waals surface area contributed by atoms with Crippen LogP contribution in [0.2, 0.25) is 0 Å². The van der Waals surface area contributed by atoms with Crippen LogP contribution in [-0.2, 0) is 43.1 Å². The Bertz CT molecular complexity index is 1810. The molecule has 12 nitrogen and oxygen atoms in total. The quantitative estimate of drug-likeness (QED) is 0.0976. The van der Waals surface area contributed by atoms with Crippen LogP contribution in [0.3, 0.4) is 0 Å². The van der Waals surface area contributed by atoms with Crippen LogP contribution in [0.4, 0.5) is 4.79 Å². The van der Waals surface area contributed by atoms with Gasteiger partial charge in [0.2, 0.25) is 17.7 Å². The molecule has 0 spiro atoms. The number of aromatic nitrogens is 1. The first-order valence-electron chi connectivity index (χ1n) is 17.8. The molecular weight excluding hydrogens is 662 g/mol. The van der Waals surface area contributed by atoms with Crippen molar-refractivity contribution >= 4 is 34.7 Å². The van der Waals surface area contributed by atoms with E-state index >= 15 is 0 Å². The van der Waals surface area contributed by atoms with Gasteiger partial charge in [0.15, 0.2) is 6.29 Å². The summed E-state index contributed by atoms with van der Waals surface area (Å²) < 4.78 is 10.8. The second kappa shape index (κ2) is 18.3. The summed E-state index contributed by atoms with van der Waals surface area (Å²) in [7, 11) is 3.02. The van der Waals surface area contributed by atoms with Gasteiger partial charge in [-0.3, -0.25) is 19.3 Å². The van der Waals surface area contributed by atoms with Crippen molar-refractivity contribution in [2.75, 3.05) is 20.8 Å². The average molecular weight is 712 g/mol. The van der Waals surface area contributed by atoms with E-state index in [0.29, 0.717) is 12.8 Å². The minimum atomic E-state index is -1.25. The topological polar surface area (TPSA) is 162 Å². The second-order valence-corrected chi connectivity index (χ2v) is 13.2. The summed E-state index contributed by atoms with van der Waals surface area (Å²) in [5, 5.41) is 19.8. The fourth-order valence-electron chi connectivity index (χ4n) is 6.86. The molecule has 5 rings (SSSR count). The van der Waals surface area contributed by atoms with Gasteiger partial charge < -0.3 is 35.5 Å². The molecule has 4 atom stereocenters. The lowest BCUT2D eigenvalue weighted by Crippen LogP contribution is -2.57. The van der Waals surface area contributed by atoms with Gasteiger partial charge in [-0.1, -0.05) is 72.8 Å². The number of benzene rings is 3. The van der Waals surface area contributed by atoms with Crippen LogP contribution >= 0.6 is 0 Å². The number of nitrogens with one attached hydrogen (secondary N) is 4. The van der Waals surface area contributed by atoms with Gasteiger partial charge in [0.05, 0.1) is 6.04 Å². The summed E-state index contributed by atoms with van der Waals surface area (Å²) in [4.78, 5) is 58.6. The third kappa shape index (κ3) is 9.77. The maximum Gasteiger partial charge on any atom is 0.407 e. The highest BCUT2D eigenvalue weighted by atomic mass is 16.7. The van der Waals surface area contributed by atoms with Crippen molar-refractivity contribution in [2.24, 2.45) is 0 Å². The third-order valence-electron chi connectivity index (χ3n) is 9.84. The Morgan fingerprint density at radius 1 is 0.865 bits per heavy atom. The van der Waals surface area contributed by atoms with Gasteiger partial charge in [-0.15, -0.1) is 0 Å². The number of aromatic amines is 1. The molecule has 0 saturated carbocycles. The highest BCUT2D eigenvalue weighted by Crippen LogP contribution is 2.29. The molecule has 3 aromatic carbocycles. The monoisotopic (exact) mass is 711 g/mol. The molecule has 4 amide bonds. The molecule has 1 aliphatic rings. The zero-order valence-corrected chi connectivity index (χ0v) is 30.0. The van der Waals surface area contributed by atoms with Gasteiger partial charge >= 0.3 is 6.09 Å². The van der Waals surface area contributed by atoms with E-state index in [-0.39, 0.29) is 31.3 Å². The van der Waals surface area contributed by atoms with E-state index in [1.807, 2.05) is 72.8 Å². The van der Waals surface area contributed by atoms with Crippen molar-refractivity contribution in [3.05, 3.63) is 107 Å². The summed E-state index contributed by atoms with van der Waals surface area (Å²) in [5.74, 6) is -1.56. The van der Waals surface area contributed by atoms with E-state index in [0.717, 1.165) is 51.8 Å². The van der Waals surface area contributed by atoms with Crippen LogP contribution in [0.1, 0.15) is 60.9 Å². The van der Waals surface area contributed by atoms with Gasteiger partial charge in [-0.2, -0.15) is 0 Å². The van der Waals surface area contributed by atoms with Crippen molar-refractivity contribution in [3.8, 4) is 0 Å². The molecule has 276 valence electrons. The van der Waals surface area contributed by atoms with E-state index in [9.17, 15) is 24.3 Å². The van der Waals surface area contributed by atoms with Gasteiger partial charge in [-0.25, -0.2) is 4.79 Å². The van der Waals surface area contributed by atoms with E-state index in [1.54, 1.807) is 6.20 Å². The van der Waals surface area contributed by atoms with Crippen molar-refractivity contribution in [1.82, 2.24) is 25.8 Å². The number of rotatable bonds is 17. The number of carboxylic acid groups (broad SMARTS) is 1. The van der Waals surface area contributed by atoms with Crippen LogP contribution in [0.5, 0.6) is 0 Å². The highest BCUT2D eigenvalue weighted by Gasteiger charge is 2.33. The zero-order valence-electron chi connectivity index (χ0n) is 30.0. The lowest BCUT2D eigenvalue weighted by molar-refractivity contribution is -0.134. The van der Waals surface area contributed by atoms with E-state index in [2.05, 4.69) is 27.0 Å². The Balaban J connectivity index is 1.37. The van der Waals surface area contributed by atoms with Crippen molar-refractivity contribution in [1.29, 1.82) is 0 Å². The second-order valence-electron chi connectivity index (χ2n) is 13.2. The molecule has 0 saturated heterocycles. The Hall–Kier alpha value is -5.20. The number of amides is 4. The molecule has 12 heteroatoms. The molecule has 1 unspecified atom stereocenters. The Kier molecular flexibility index (Phi) is 13.4. The summed E-state index contributed by atoms with van der Waals surface area (Å²) in [6.07, 6.45) is 3.60. The van der Waals surface area contributed by atoms with Crippen LogP contribution in [0.25, 0.3) is 10.9 Å². The number of para-hydroxylation sites is 1. The largest absolute Gasteiger partial charge is 0.465 e. The first-order valence-corrected chi connectivity index (χ1v) is 17.8. The minimum absolute atomic E-state index is 0.0833. The first-order chi connectivity index (χ1) is 25.2. The number of carbonyl (C=O) groups is 4. The summed E-state index contributed by atoms with van der Waals surface area (Å²) >= 11 is 0. The molecule has 1 heterocycles. The van der Waals surface area contributed by atoms with Crippen LogP contribution < -0.4 is 16.0 Å². The zero-order chi connectivity index (χ0) is 37.0. The van der Waals surface area contributed by atoms with Crippen LogP contribution in [0, 0.1) is 0 Å². The SMILES string of the molecule is COC(CCC(NC(=O)[C@H](Cc1c[nH]c2ccccc12)NC(=O)[C@H](C)N(CCc1ccccc1)C(=O)O)C(=O)N[C@@H]1CCCc2ccccc21)OC. The van der Waals surface area contributed by atoms with Gasteiger partial charge in [0, 0.05) is 50.7 Å². The van der Waals surface area contributed by atoms with Gasteiger partial charge in [0.25, 0.3) is 0 Å².